The lowest BCUT2D eigenvalue weighted by molar-refractivity contribution is 0.0697. The number of nitrogens with one attached hydrogen (secondary N) is 2. The Morgan fingerprint density at radius 2 is 1.90 bits per heavy atom. The monoisotopic (exact) mass is 423 g/mol. The fourth-order valence-corrected chi connectivity index (χ4v) is 3.92. The maximum atomic E-state index is 12.8. The van der Waals surface area contributed by atoms with Crippen molar-refractivity contribution in [3.05, 3.63) is 59.2 Å². The van der Waals surface area contributed by atoms with Crippen molar-refractivity contribution in [1.29, 1.82) is 0 Å². The number of rotatable bonds is 6. The van der Waals surface area contributed by atoms with Gasteiger partial charge in [-0.25, -0.2) is 4.79 Å². The summed E-state index contributed by atoms with van der Waals surface area (Å²) in [5.74, 6) is 1.55. The molecule has 31 heavy (non-hydrogen) atoms. The minimum atomic E-state index is -0.261. The highest BCUT2D eigenvalue weighted by Crippen LogP contribution is 2.21. The SMILES string of the molecule is COc1cccc(CC(C)NC(=O)Nc2ccc(C(=O)N3CCC(C)CC3)cc2C)c1. The zero-order chi connectivity index (χ0) is 22.4. The molecule has 0 spiro atoms. The van der Waals surface area contributed by atoms with Crippen LogP contribution in [0.2, 0.25) is 0 Å². The summed E-state index contributed by atoms with van der Waals surface area (Å²) in [4.78, 5) is 27.2. The van der Waals surface area contributed by atoms with Gasteiger partial charge in [-0.2, -0.15) is 0 Å². The first-order chi connectivity index (χ1) is 14.9. The lowest BCUT2D eigenvalue weighted by Gasteiger charge is -2.30. The zero-order valence-electron chi connectivity index (χ0n) is 18.9. The number of ether oxygens (including phenoxy) is 1. The minimum Gasteiger partial charge on any atom is -0.497 e. The number of hydrogen-bond acceptors (Lipinski definition) is 3. The number of anilines is 1. The van der Waals surface area contributed by atoms with Crippen molar-refractivity contribution in [2.24, 2.45) is 5.92 Å². The van der Waals surface area contributed by atoms with Gasteiger partial charge in [-0.15, -0.1) is 0 Å². The second kappa shape index (κ2) is 10.3. The molecule has 1 unspecified atom stereocenters. The molecule has 0 aromatic heterocycles. The summed E-state index contributed by atoms with van der Waals surface area (Å²) in [6.07, 6.45) is 2.81. The van der Waals surface area contributed by atoms with Crippen LogP contribution in [0.3, 0.4) is 0 Å². The van der Waals surface area contributed by atoms with E-state index < -0.39 is 0 Å². The predicted molar refractivity (Wildman–Crippen MR) is 124 cm³/mol. The number of urea groups is 1. The minimum absolute atomic E-state index is 0.0465. The van der Waals surface area contributed by atoms with Crippen molar-refractivity contribution < 1.29 is 14.3 Å². The number of hydrogen-bond donors (Lipinski definition) is 2. The summed E-state index contributed by atoms with van der Waals surface area (Å²) in [5, 5.41) is 5.87. The molecular weight excluding hydrogens is 390 g/mol. The van der Waals surface area contributed by atoms with Crippen LogP contribution in [-0.2, 0) is 6.42 Å². The number of methoxy groups -OCH3 is 1. The van der Waals surface area contributed by atoms with Crippen LogP contribution in [0, 0.1) is 12.8 Å². The first-order valence-electron chi connectivity index (χ1n) is 11.0. The Labute approximate surface area is 185 Å². The number of benzene rings is 2. The van der Waals surface area contributed by atoms with Crippen LogP contribution < -0.4 is 15.4 Å². The second-order valence-corrected chi connectivity index (χ2v) is 8.56. The van der Waals surface area contributed by atoms with Gasteiger partial charge >= 0.3 is 6.03 Å². The van der Waals surface area contributed by atoms with Crippen molar-refractivity contribution in [1.82, 2.24) is 10.2 Å². The van der Waals surface area contributed by atoms with Gasteiger partial charge < -0.3 is 20.3 Å². The first-order valence-corrected chi connectivity index (χ1v) is 11.0. The number of likely N-dealkylation sites (tertiary alicyclic amines) is 1. The lowest BCUT2D eigenvalue weighted by Crippen LogP contribution is -2.38. The van der Waals surface area contributed by atoms with E-state index >= 15 is 0 Å². The molecule has 1 aliphatic rings. The molecule has 1 saturated heterocycles. The Kier molecular flexibility index (Phi) is 7.55. The first kappa shape index (κ1) is 22.7. The van der Waals surface area contributed by atoms with E-state index in [2.05, 4.69) is 17.6 Å². The maximum absolute atomic E-state index is 12.8. The molecule has 0 bridgehead atoms. The number of carbonyl (C=O) groups excluding carboxylic acids is 2. The molecule has 1 heterocycles. The molecule has 6 heteroatoms. The van der Waals surface area contributed by atoms with E-state index in [1.54, 1.807) is 19.2 Å². The number of amides is 3. The third-order valence-electron chi connectivity index (χ3n) is 5.85. The fraction of sp³-hybridized carbons (Fsp3) is 0.440. The van der Waals surface area contributed by atoms with Crippen molar-refractivity contribution in [3.8, 4) is 5.75 Å². The van der Waals surface area contributed by atoms with Gasteiger partial charge in [-0.1, -0.05) is 19.1 Å². The van der Waals surface area contributed by atoms with Crippen LogP contribution in [-0.4, -0.2) is 43.1 Å². The van der Waals surface area contributed by atoms with Crippen molar-refractivity contribution in [2.45, 2.75) is 46.1 Å². The van der Waals surface area contributed by atoms with Gasteiger partial charge in [0, 0.05) is 30.4 Å². The largest absolute Gasteiger partial charge is 0.497 e. The van der Waals surface area contributed by atoms with Gasteiger partial charge in [0.05, 0.1) is 7.11 Å². The van der Waals surface area contributed by atoms with E-state index in [0.717, 1.165) is 42.8 Å². The Hall–Kier alpha value is -3.02. The molecule has 1 fully saturated rings. The lowest BCUT2D eigenvalue weighted by atomic mass is 9.98. The summed E-state index contributed by atoms with van der Waals surface area (Å²) in [6, 6.07) is 13.0. The topological polar surface area (TPSA) is 70.7 Å². The van der Waals surface area contributed by atoms with Gasteiger partial charge in [-0.3, -0.25) is 4.79 Å². The molecule has 1 aliphatic heterocycles. The highest BCUT2D eigenvalue weighted by molar-refractivity contribution is 5.96. The standard InChI is InChI=1S/C25H33N3O3/c1-17-10-12-28(13-11-17)24(29)21-8-9-23(18(2)14-21)27-25(30)26-19(3)15-20-6-5-7-22(16-20)31-4/h5-9,14,16-17,19H,10-13,15H2,1-4H3,(H2,26,27,30). The molecule has 1 atom stereocenters. The summed E-state index contributed by atoms with van der Waals surface area (Å²) < 4.78 is 5.25. The van der Waals surface area contributed by atoms with Crippen LogP contribution in [0.5, 0.6) is 5.75 Å². The molecule has 0 aliphatic carbocycles. The molecule has 3 rings (SSSR count). The van der Waals surface area contributed by atoms with E-state index in [1.165, 1.54) is 0 Å². The average molecular weight is 424 g/mol. The summed E-state index contributed by atoms with van der Waals surface area (Å²) in [7, 11) is 1.64. The Morgan fingerprint density at radius 3 is 2.58 bits per heavy atom. The van der Waals surface area contributed by atoms with E-state index in [0.29, 0.717) is 23.6 Å². The molecule has 6 nitrogen and oxygen atoms in total. The highest BCUT2D eigenvalue weighted by Gasteiger charge is 2.22. The van der Waals surface area contributed by atoms with E-state index in [4.69, 9.17) is 4.74 Å². The summed E-state index contributed by atoms with van der Waals surface area (Å²) in [5.41, 5.74) is 3.34. The third kappa shape index (κ3) is 6.23. The van der Waals surface area contributed by atoms with Gasteiger partial charge in [0.1, 0.15) is 5.75 Å². The summed E-state index contributed by atoms with van der Waals surface area (Å²) >= 11 is 0. The smallest absolute Gasteiger partial charge is 0.319 e. The molecule has 3 amide bonds. The molecule has 0 saturated carbocycles. The van der Waals surface area contributed by atoms with E-state index in [-0.39, 0.29) is 18.0 Å². The number of aryl methyl sites for hydroxylation is 1. The Bertz CT molecular complexity index is 920. The summed E-state index contributed by atoms with van der Waals surface area (Å²) in [6.45, 7) is 7.73. The van der Waals surface area contributed by atoms with Crippen molar-refractivity contribution in [3.63, 3.8) is 0 Å². The average Bonchev–Trinajstić information content (AvgIpc) is 2.75. The van der Waals surface area contributed by atoms with E-state index in [1.807, 2.05) is 49.1 Å². The molecule has 2 aromatic rings. The fourth-order valence-electron chi connectivity index (χ4n) is 3.92. The van der Waals surface area contributed by atoms with Crippen LogP contribution in [0.1, 0.15) is 48.2 Å². The normalized spacial score (nSPS) is 15.3. The maximum Gasteiger partial charge on any atom is 0.319 e. The molecule has 2 N–H and O–H groups in total. The Morgan fingerprint density at radius 1 is 1.16 bits per heavy atom. The number of nitrogens with zero attached hydrogens (tertiary/aromatic N) is 1. The van der Waals surface area contributed by atoms with Gasteiger partial charge in [0.2, 0.25) is 0 Å². The zero-order valence-corrected chi connectivity index (χ0v) is 18.9. The third-order valence-corrected chi connectivity index (χ3v) is 5.85. The molecular formula is C25H33N3O3. The van der Waals surface area contributed by atoms with Gasteiger partial charge in [-0.05, 0) is 80.5 Å². The van der Waals surface area contributed by atoms with Crippen LogP contribution >= 0.6 is 0 Å². The molecule has 0 radical (unpaired) electrons. The Balaban J connectivity index is 1.55. The number of piperidine rings is 1. The quantitative estimate of drug-likeness (QED) is 0.712. The van der Waals surface area contributed by atoms with Crippen LogP contribution in [0.15, 0.2) is 42.5 Å². The van der Waals surface area contributed by atoms with Crippen LogP contribution in [0.4, 0.5) is 10.5 Å². The van der Waals surface area contributed by atoms with Crippen molar-refractivity contribution in [2.75, 3.05) is 25.5 Å². The van der Waals surface area contributed by atoms with Crippen LogP contribution in [0.25, 0.3) is 0 Å². The van der Waals surface area contributed by atoms with Gasteiger partial charge in [0.15, 0.2) is 0 Å². The second-order valence-electron chi connectivity index (χ2n) is 8.56. The van der Waals surface area contributed by atoms with E-state index in [9.17, 15) is 9.59 Å². The predicted octanol–water partition coefficient (Wildman–Crippen LogP) is 4.63. The highest BCUT2D eigenvalue weighted by atomic mass is 16.5. The molecule has 166 valence electrons. The van der Waals surface area contributed by atoms with Gasteiger partial charge in [0.25, 0.3) is 5.91 Å². The number of carbonyl (C=O) groups is 2. The van der Waals surface area contributed by atoms with Crippen molar-refractivity contribution >= 4 is 17.6 Å². The molecule has 2 aromatic carbocycles.